The third-order valence-electron chi connectivity index (χ3n) is 5.02. The van der Waals surface area contributed by atoms with E-state index in [0.29, 0.717) is 29.2 Å². The number of hydrogen-bond acceptors (Lipinski definition) is 4. The summed E-state index contributed by atoms with van der Waals surface area (Å²) in [6.45, 7) is 1.54. The summed E-state index contributed by atoms with van der Waals surface area (Å²) < 4.78 is 5.70. The third-order valence-corrected chi connectivity index (χ3v) is 5.02. The maximum atomic E-state index is 12.4. The first-order valence-electron chi connectivity index (χ1n) is 8.38. The molecule has 1 aromatic carbocycles. The fourth-order valence-corrected chi connectivity index (χ4v) is 3.71. The summed E-state index contributed by atoms with van der Waals surface area (Å²) in [5.74, 6) is 0.811. The van der Waals surface area contributed by atoms with Crippen molar-refractivity contribution in [2.24, 2.45) is 0 Å². The van der Waals surface area contributed by atoms with Crippen molar-refractivity contribution in [2.45, 2.75) is 44.3 Å². The van der Waals surface area contributed by atoms with Gasteiger partial charge in [-0.15, -0.1) is 0 Å². The summed E-state index contributed by atoms with van der Waals surface area (Å²) in [7, 11) is 0. The van der Waals surface area contributed by atoms with Crippen LogP contribution >= 0.6 is 0 Å². The number of carbonyl (C=O) groups is 2. The number of hydrogen-bond donors (Lipinski definition) is 2. The van der Waals surface area contributed by atoms with Gasteiger partial charge in [0.25, 0.3) is 5.91 Å². The lowest BCUT2D eigenvalue weighted by Crippen LogP contribution is -2.42. The fraction of sp³-hybridized carbons (Fsp3) is 0.368. The Morgan fingerprint density at radius 2 is 1.92 bits per heavy atom. The van der Waals surface area contributed by atoms with E-state index in [1.54, 1.807) is 24.3 Å². The van der Waals surface area contributed by atoms with Crippen LogP contribution in [0.1, 0.15) is 47.1 Å². The number of ketones is 1. The monoisotopic (exact) mass is 324 g/mol. The molecule has 2 aromatic rings. The topological polar surface area (TPSA) is 71.3 Å². The average molecular weight is 324 g/mol. The van der Waals surface area contributed by atoms with Crippen molar-refractivity contribution in [3.8, 4) is 11.3 Å². The van der Waals surface area contributed by atoms with Gasteiger partial charge in [-0.05, 0) is 38.3 Å². The van der Waals surface area contributed by atoms with Gasteiger partial charge in [0.2, 0.25) is 0 Å². The van der Waals surface area contributed by atoms with Crippen molar-refractivity contribution in [3.05, 3.63) is 47.7 Å². The van der Waals surface area contributed by atoms with Gasteiger partial charge in [-0.2, -0.15) is 0 Å². The van der Waals surface area contributed by atoms with E-state index in [1.165, 1.54) is 13.3 Å². The normalized spacial score (nSPS) is 25.0. The van der Waals surface area contributed by atoms with Gasteiger partial charge in [-0.25, -0.2) is 0 Å². The molecule has 0 unspecified atom stereocenters. The van der Waals surface area contributed by atoms with E-state index in [-0.39, 0.29) is 17.7 Å². The van der Waals surface area contributed by atoms with Crippen molar-refractivity contribution < 1.29 is 14.0 Å². The SMILES string of the molecule is CC(=O)c1ccc(-c2ccc(C(=O)N[C@@H]3C[C@H]4CC[C@@H]3N4)o2)cc1. The van der Waals surface area contributed by atoms with Gasteiger partial charge in [0.15, 0.2) is 11.5 Å². The van der Waals surface area contributed by atoms with Crippen molar-refractivity contribution >= 4 is 11.7 Å². The minimum Gasteiger partial charge on any atom is -0.451 e. The van der Waals surface area contributed by atoms with Crippen LogP contribution in [0.3, 0.4) is 0 Å². The molecule has 5 nitrogen and oxygen atoms in total. The maximum Gasteiger partial charge on any atom is 0.287 e. The number of carbonyl (C=O) groups excluding carboxylic acids is 2. The quantitative estimate of drug-likeness (QED) is 0.848. The first-order valence-corrected chi connectivity index (χ1v) is 8.38. The molecule has 3 atom stereocenters. The molecule has 0 aliphatic carbocycles. The lowest BCUT2D eigenvalue weighted by atomic mass is 9.95. The number of rotatable bonds is 4. The molecular formula is C19H20N2O3. The highest BCUT2D eigenvalue weighted by atomic mass is 16.3. The van der Waals surface area contributed by atoms with Crippen LogP contribution in [0.5, 0.6) is 0 Å². The number of fused-ring (bicyclic) bond motifs is 2. The molecule has 24 heavy (non-hydrogen) atoms. The van der Waals surface area contributed by atoms with Crippen molar-refractivity contribution in [3.63, 3.8) is 0 Å². The van der Waals surface area contributed by atoms with E-state index in [4.69, 9.17) is 4.42 Å². The molecule has 0 radical (unpaired) electrons. The fourth-order valence-electron chi connectivity index (χ4n) is 3.71. The van der Waals surface area contributed by atoms with Gasteiger partial charge < -0.3 is 15.1 Å². The Labute approximate surface area is 140 Å². The molecule has 124 valence electrons. The highest BCUT2D eigenvalue weighted by molar-refractivity contribution is 5.94. The molecule has 1 amide bonds. The van der Waals surface area contributed by atoms with E-state index >= 15 is 0 Å². The van der Waals surface area contributed by atoms with Gasteiger partial charge in [-0.1, -0.05) is 24.3 Å². The van der Waals surface area contributed by atoms with Gasteiger partial charge in [-0.3, -0.25) is 9.59 Å². The zero-order chi connectivity index (χ0) is 16.7. The Morgan fingerprint density at radius 1 is 1.12 bits per heavy atom. The molecular weight excluding hydrogens is 304 g/mol. The molecule has 2 N–H and O–H groups in total. The summed E-state index contributed by atoms with van der Waals surface area (Å²) >= 11 is 0. The van der Waals surface area contributed by atoms with Crippen LogP contribution in [0, 0.1) is 0 Å². The Morgan fingerprint density at radius 3 is 2.54 bits per heavy atom. The summed E-state index contributed by atoms with van der Waals surface area (Å²) in [5.41, 5.74) is 1.51. The van der Waals surface area contributed by atoms with Gasteiger partial charge in [0.05, 0.1) is 0 Å². The Hall–Kier alpha value is -2.40. The standard InChI is InChI=1S/C19H20N2O3/c1-11(22)12-2-4-13(5-3-12)17-8-9-18(24-17)19(23)21-16-10-14-6-7-15(16)20-14/h2-5,8-9,14-16,20H,6-7,10H2,1H3,(H,21,23)/t14-,15+,16-/m1/s1. The number of amides is 1. The van der Waals surface area contributed by atoms with E-state index in [2.05, 4.69) is 10.6 Å². The summed E-state index contributed by atoms with van der Waals surface area (Å²) in [6, 6.07) is 11.8. The van der Waals surface area contributed by atoms with Crippen LogP contribution in [-0.2, 0) is 0 Å². The lowest BCUT2D eigenvalue weighted by Gasteiger charge is -2.20. The average Bonchev–Trinajstić information content (AvgIpc) is 3.31. The third kappa shape index (κ3) is 2.76. The number of nitrogens with one attached hydrogen (secondary N) is 2. The van der Waals surface area contributed by atoms with Crippen molar-refractivity contribution in [1.82, 2.24) is 10.6 Å². The van der Waals surface area contributed by atoms with E-state index < -0.39 is 0 Å². The molecule has 2 fully saturated rings. The first kappa shape index (κ1) is 15.1. The minimum absolute atomic E-state index is 0.0283. The van der Waals surface area contributed by atoms with Gasteiger partial charge >= 0.3 is 0 Å². The minimum atomic E-state index is -0.166. The van der Waals surface area contributed by atoms with Gasteiger partial charge in [0.1, 0.15) is 5.76 Å². The highest BCUT2D eigenvalue weighted by Gasteiger charge is 2.39. The highest BCUT2D eigenvalue weighted by Crippen LogP contribution is 2.29. The van der Waals surface area contributed by atoms with Crippen LogP contribution in [0.4, 0.5) is 0 Å². The molecule has 2 bridgehead atoms. The van der Waals surface area contributed by atoms with Crippen molar-refractivity contribution in [1.29, 1.82) is 0 Å². The Bertz CT molecular complexity index is 778. The van der Waals surface area contributed by atoms with Crippen LogP contribution < -0.4 is 10.6 Å². The number of furan rings is 1. The molecule has 3 heterocycles. The van der Waals surface area contributed by atoms with Crippen molar-refractivity contribution in [2.75, 3.05) is 0 Å². The molecule has 2 saturated heterocycles. The van der Waals surface area contributed by atoms with E-state index in [0.717, 1.165) is 18.4 Å². The van der Waals surface area contributed by atoms with Crippen LogP contribution in [-0.4, -0.2) is 29.8 Å². The molecule has 0 spiro atoms. The van der Waals surface area contributed by atoms with Crippen LogP contribution in [0.15, 0.2) is 40.8 Å². The van der Waals surface area contributed by atoms with Gasteiger partial charge in [0, 0.05) is 29.3 Å². The predicted molar refractivity (Wildman–Crippen MR) is 90.0 cm³/mol. The summed E-state index contributed by atoms with van der Waals surface area (Å²) in [4.78, 5) is 23.7. The Kier molecular flexibility index (Phi) is 3.73. The predicted octanol–water partition coefficient (Wildman–Crippen LogP) is 2.77. The zero-order valence-corrected chi connectivity index (χ0v) is 13.5. The summed E-state index contributed by atoms with van der Waals surface area (Å²) in [5, 5.41) is 6.58. The maximum absolute atomic E-state index is 12.4. The smallest absolute Gasteiger partial charge is 0.287 e. The first-order chi connectivity index (χ1) is 11.6. The Balaban J connectivity index is 1.46. The molecule has 4 rings (SSSR count). The molecule has 0 saturated carbocycles. The molecule has 2 aliphatic rings. The zero-order valence-electron chi connectivity index (χ0n) is 13.5. The van der Waals surface area contributed by atoms with E-state index in [9.17, 15) is 9.59 Å². The lowest BCUT2D eigenvalue weighted by molar-refractivity contribution is 0.0903. The molecule has 5 heteroatoms. The second-order valence-corrected chi connectivity index (χ2v) is 6.66. The summed E-state index contributed by atoms with van der Waals surface area (Å²) in [6.07, 6.45) is 3.33. The molecule has 1 aromatic heterocycles. The largest absolute Gasteiger partial charge is 0.451 e. The number of Topliss-reactive ketones (excluding diaryl/α,β-unsaturated/α-hetero) is 1. The second kappa shape index (κ2) is 5.91. The van der Waals surface area contributed by atoms with Crippen LogP contribution in [0.2, 0.25) is 0 Å². The number of benzene rings is 1. The molecule has 2 aliphatic heterocycles. The van der Waals surface area contributed by atoms with E-state index in [1.807, 2.05) is 12.1 Å². The van der Waals surface area contributed by atoms with Crippen LogP contribution in [0.25, 0.3) is 11.3 Å². The second-order valence-electron chi connectivity index (χ2n) is 6.66.